The number of hydrogen-bond acceptors (Lipinski definition) is 3. The Morgan fingerprint density at radius 1 is 1.45 bits per heavy atom. The van der Waals surface area contributed by atoms with Crippen LogP contribution in [0.15, 0.2) is 49.3 Å². The maximum absolute atomic E-state index is 11.8. The second-order valence-corrected chi connectivity index (χ2v) is 4.46. The molecule has 1 amide bonds. The summed E-state index contributed by atoms with van der Waals surface area (Å²) in [5.41, 5.74) is 1.27. The summed E-state index contributed by atoms with van der Waals surface area (Å²) in [4.78, 5) is 11.8. The van der Waals surface area contributed by atoms with Crippen LogP contribution in [0.25, 0.3) is 5.69 Å². The van der Waals surface area contributed by atoms with E-state index in [-0.39, 0.29) is 12.5 Å². The predicted molar refractivity (Wildman–Crippen MR) is 80.3 cm³/mol. The standard InChI is InChI=1S/C14H15ClN4O/c1-2-7-16-10-13(20)18-12-6-3-5-11(15)14(12)19-9-4-8-17-19/h2-6,8-9,16H,1,7,10H2,(H,18,20). The molecule has 0 aliphatic carbocycles. The Balaban J connectivity index is 2.18. The number of hydrogen-bond donors (Lipinski definition) is 2. The van der Waals surface area contributed by atoms with E-state index < -0.39 is 0 Å². The molecule has 1 aromatic heterocycles. The van der Waals surface area contributed by atoms with E-state index in [9.17, 15) is 4.79 Å². The van der Waals surface area contributed by atoms with Gasteiger partial charge in [-0.2, -0.15) is 5.10 Å². The maximum Gasteiger partial charge on any atom is 0.238 e. The molecule has 0 aliphatic heterocycles. The number of carbonyl (C=O) groups is 1. The highest BCUT2D eigenvalue weighted by molar-refractivity contribution is 6.33. The molecule has 20 heavy (non-hydrogen) atoms. The largest absolute Gasteiger partial charge is 0.323 e. The third-order valence-electron chi connectivity index (χ3n) is 2.57. The number of aromatic nitrogens is 2. The summed E-state index contributed by atoms with van der Waals surface area (Å²) >= 11 is 6.19. The van der Waals surface area contributed by atoms with Crippen molar-refractivity contribution >= 4 is 23.2 Å². The van der Waals surface area contributed by atoms with Gasteiger partial charge in [-0.3, -0.25) is 4.79 Å². The molecule has 0 saturated heterocycles. The average Bonchev–Trinajstić information content (AvgIpc) is 2.93. The van der Waals surface area contributed by atoms with Crippen LogP contribution >= 0.6 is 11.6 Å². The Morgan fingerprint density at radius 3 is 3.00 bits per heavy atom. The number of carbonyl (C=O) groups excluding carboxylic acids is 1. The van der Waals surface area contributed by atoms with Crippen LogP contribution in [-0.2, 0) is 4.79 Å². The molecule has 2 aromatic rings. The maximum atomic E-state index is 11.8. The van der Waals surface area contributed by atoms with Crippen molar-refractivity contribution in [2.24, 2.45) is 0 Å². The van der Waals surface area contributed by atoms with E-state index in [0.29, 0.717) is 22.9 Å². The summed E-state index contributed by atoms with van der Waals surface area (Å²) in [5.74, 6) is -0.150. The molecule has 1 heterocycles. The Hall–Kier alpha value is -2.11. The van der Waals surface area contributed by atoms with Gasteiger partial charge >= 0.3 is 0 Å². The average molecular weight is 291 g/mol. The van der Waals surface area contributed by atoms with Gasteiger partial charge in [-0.15, -0.1) is 6.58 Å². The Morgan fingerprint density at radius 2 is 2.30 bits per heavy atom. The molecule has 104 valence electrons. The first kappa shape index (κ1) is 14.3. The molecular weight excluding hydrogens is 276 g/mol. The van der Waals surface area contributed by atoms with Crippen LogP contribution in [0.1, 0.15) is 0 Å². The van der Waals surface area contributed by atoms with E-state index in [4.69, 9.17) is 11.6 Å². The topological polar surface area (TPSA) is 59.0 Å². The van der Waals surface area contributed by atoms with Crippen molar-refractivity contribution in [1.29, 1.82) is 0 Å². The van der Waals surface area contributed by atoms with Gasteiger partial charge in [-0.05, 0) is 18.2 Å². The molecular formula is C14H15ClN4O. The Bertz CT molecular complexity index is 595. The van der Waals surface area contributed by atoms with Crippen molar-refractivity contribution in [3.05, 3.63) is 54.3 Å². The number of nitrogens with zero attached hydrogens (tertiary/aromatic N) is 2. The monoisotopic (exact) mass is 290 g/mol. The first-order valence-corrected chi connectivity index (χ1v) is 6.50. The molecule has 0 fully saturated rings. The molecule has 0 unspecified atom stereocenters. The van der Waals surface area contributed by atoms with Crippen molar-refractivity contribution in [1.82, 2.24) is 15.1 Å². The van der Waals surface area contributed by atoms with Crippen LogP contribution in [-0.4, -0.2) is 28.8 Å². The van der Waals surface area contributed by atoms with E-state index in [2.05, 4.69) is 22.3 Å². The van der Waals surface area contributed by atoms with Crippen LogP contribution in [0, 0.1) is 0 Å². The summed E-state index contributed by atoms with van der Waals surface area (Å²) in [7, 11) is 0. The zero-order valence-electron chi connectivity index (χ0n) is 10.8. The lowest BCUT2D eigenvalue weighted by molar-refractivity contribution is -0.115. The van der Waals surface area contributed by atoms with E-state index in [1.807, 2.05) is 0 Å². The fraction of sp³-hybridized carbons (Fsp3) is 0.143. The first-order valence-electron chi connectivity index (χ1n) is 6.12. The van der Waals surface area contributed by atoms with Crippen molar-refractivity contribution in [2.45, 2.75) is 0 Å². The van der Waals surface area contributed by atoms with E-state index >= 15 is 0 Å². The second-order valence-electron chi connectivity index (χ2n) is 4.05. The fourth-order valence-electron chi connectivity index (χ4n) is 1.73. The molecule has 2 rings (SSSR count). The van der Waals surface area contributed by atoms with Crippen molar-refractivity contribution in [3.63, 3.8) is 0 Å². The van der Waals surface area contributed by atoms with Crippen LogP contribution in [0.3, 0.4) is 0 Å². The van der Waals surface area contributed by atoms with Gasteiger partial charge in [0, 0.05) is 18.9 Å². The minimum atomic E-state index is -0.150. The number of halogens is 1. The van der Waals surface area contributed by atoms with Gasteiger partial charge in [0.1, 0.15) is 5.69 Å². The van der Waals surface area contributed by atoms with Gasteiger partial charge < -0.3 is 10.6 Å². The number of anilines is 1. The van der Waals surface area contributed by atoms with E-state index in [1.54, 1.807) is 47.4 Å². The van der Waals surface area contributed by atoms with Gasteiger partial charge in [-0.1, -0.05) is 23.7 Å². The lowest BCUT2D eigenvalue weighted by Crippen LogP contribution is -2.28. The summed E-state index contributed by atoms with van der Waals surface area (Å²) in [5, 5.41) is 10.4. The SMILES string of the molecule is C=CCNCC(=O)Nc1cccc(Cl)c1-n1cccn1. The number of rotatable bonds is 6. The molecule has 0 atom stereocenters. The number of nitrogens with one attached hydrogen (secondary N) is 2. The van der Waals surface area contributed by atoms with E-state index in [1.165, 1.54) is 0 Å². The molecule has 0 saturated carbocycles. The molecule has 0 radical (unpaired) electrons. The summed E-state index contributed by atoms with van der Waals surface area (Å²) < 4.78 is 1.62. The first-order chi connectivity index (χ1) is 9.72. The minimum absolute atomic E-state index is 0.150. The number of amides is 1. The normalized spacial score (nSPS) is 10.2. The highest BCUT2D eigenvalue weighted by Crippen LogP contribution is 2.27. The lowest BCUT2D eigenvalue weighted by atomic mass is 10.2. The Labute approximate surface area is 122 Å². The van der Waals surface area contributed by atoms with Gasteiger partial charge in [0.05, 0.1) is 17.3 Å². The summed E-state index contributed by atoms with van der Waals surface area (Å²) in [6, 6.07) is 7.11. The van der Waals surface area contributed by atoms with Gasteiger partial charge in [0.2, 0.25) is 5.91 Å². The number of benzene rings is 1. The van der Waals surface area contributed by atoms with Gasteiger partial charge in [-0.25, -0.2) is 4.68 Å². The highest BCUT2D eigenvalue weighted by atomic mass is 35.5. The fourth-order valence-corrected chi connectivity index (χ4v) is 1.99. The van der Waals surface area contributed by atoms with Crippen LogP contribution < -0.4 is 10.6 Å². The zero-order valence-corrected chi connectivity index (χ0v) is 11.6. The lowest BCUT2D eigenvalue weighted by Gasteiger charge is -2.12. The smallest absolute Gasteiger partial charge is 0.238 e. The number of para-hydroxylation sites is 1. The van der Waals surface area contributed by atoms with Crippen molar-refractivity contribution < 1.29 is 4.79 Å². The quantitative estimate of drug-likeness (QED) is 0.634. The third kappa shape index (κ3) is 3.46. The van der Waals surface area contributed by atoms with E-state index in [0.717, 1.165) is 0 Å². The zero-order chi connectivity index (χ0) is 14.4. The van der Waals surface area contributed by atoms with Crippen LogP contribution in [0.4, 0.5) is 5.69 Å². The molecule has 0 spiro atoms. The third-order valence-corrected chi connectivity index (χ3v) is 2.87. The van der Waals surface area contributed by atoms with Gasteiger partial charge in [0.15, 0.2) is 0 Å². The highest BCUT2D eigenvalue weighted by Gasteiger charge is 2.11. The van der Waals surface area contributed by atoms with Crippen molar-refractivity contribution in [3.8, 4) is 5.69 Å². The molecule has 0 aliphatic rings. The Kier molecular flexibility index (Phi) is 4.92. The second kappa shape index (κ2) is 6.88. The summed E-state index contributed by atoms with van der Waals surface area (Å²) in [6.07, 6.45) is 5.12. The molecule has 1 aromatic carbocycles. The van der Waals surface area contributed by atoms with Gasteiger partial charge in [0.25, 0.3) is 0 Å². The molecule has 0 bridgehead atoms. The molecule has 2 N–H and O–H groups in total. The molecule has 5 nitrogen and oxygen atoms in total. The van der Waals surface area contributed by atoms with Crippen LogP contribution in [0.2, 0.25) is 5.02 Å². The van der Waals surface area contributed by atoms with Crippen molar-refractivity contribution in [2.75, 3.05) is 18.4 Å². The minimum Gasteiger partial charge on any atom is -0.323 e. The van der Waals surface area contributed by atoms with Crippen LogP contribution in [0.5, 0.6) is 0 Å². The molecule has 6 heteroatoms. The summed E-state index contributed by atoms with van der Waals surface area (Å²) in [6.45, 7) is 4.36. The predicted octanol–water partition coefficient (Wildman–Crippen LogP) is 2.24.